The third kappa shape index (κ3) is 3.84. The Morgan fingerprint density at radius 3 is 2.94 bits per heavy atom. The Bertz CT molecular complexity index is 1290. The van der Waals surface area contributed by atoms with Gasteiger partial charge in [0.25, 0.3) is 5.56 Å². The van der Waals surface area contributed by atoms with Gasteiger partial charge in [-0.1, -0.05) is 35.6 Å². The molecule has 1 aliphatic rings. The van der Waals surface area contributed by atoms with Gasteiger partial charge in [-0.2, -0.15) is 0 Å². The Balaban J connectivity index is 1.48. The van der Waals surface area contributed by atoms with Gasteiger partial charge in [0.05, 0.1) is 40.1 Å². The zero-order chi connectivity index (χ0) is 21.4. The highest BCUT2D eigenvalue weighted by Gasteiger charge is 2.26. The van der Waals surface area contributed by atoms with Gasteiger partial charge in [0.15, 0.2) is 5.13 Å². The molecule has 0 N–H and O–H groups in total. The molecule has 31 heavy (non-hydrogen) atoms. The number of hydrogen-bond donors (Lipinski definition) is 0. The smallest absolute Gasteiger partial charge is 0.261 e. The minimum Gasteiger partial charge on any atom is -0.376 e. The average molecular weight is 435 g/mol. The van der Waals surface area contributed by atoms with Crippen molar-refractivity contribution in [1.82, 2.24) is 14.5 Å². The molecule has 4 aromatic rings. The number of aromatic nitrogens is 3. The number of aryl methyl sites for hydroxylation is 1. The van der Waals surface area contributed by atoms with E-state index in [1.54, 1.807) is 11.0 Å². The number of anilines is 1. The van der Waals surface area contributed by atoms with Gasteiger partial charge in [-0.05, 0) is 43.5 Å². The van der Waals surface area contributed by atoms with E-state index in [1.165, 1.54) is 22.2 Å². The van der Waals surface area contributed by atoms with Gasteiger partial charge >= 0.3 is 0 Å². The number of fused-ring (bicyclic) bond motifs is 2. The van der Waals surface area contributed by atoms with Crippen LogP contribution in [0.15, 0.2) is 53.6 Å². The number of hydrogen-bond acceptors (Lipinski definition) is 6. The van der Waals surface area contributed by atoms with Crippen molar-refractivity contribution in [3.8, 4) is 0 Å². The van der Waals surface area contributed by atoms with E-state index >= 15 is 0 Å². The lowest BCUT2D eigenvalue weighted by molar-refractivity contribution is -0.119. The van der Waals surface area contributed by atoms with E-state index in [1.807, 2.05) is 43.3 Å². The maximum absolute atomic E-state index is 13.4. The molecular formula is C23H22N4O3S. The zero-order valence-corrected chi connectivity index (χ0v) is 18.0. The first-order valence-electron chi connectivity index (χ1n) is 10.3. The van der Waals surface area contributed by atoms with Crippen LogP contribution in [0, 0.1) is 6.92 Å². The van der Waals surface area contributed by atoms with Gasteiger partial charge < -0.3 is 4.74 Å². The predicted molar refractivity (Wildman–Crippen MR) is 122 cm³/mol. The third-order valence-electron chi connectivity index (χ3n) is 5.59. The molecule has 1 fully saturated rings. The number of ether oxygens (including phenoxy) is 1. The summed E-state index contributed by atoms with van der Waals surface area (Å²) in [5, 5.41) is 1.14. The van der Waals surface area contributed by atoms with Crippen LogP contribution in [0.4, 0.5) is 5.13 Å². The molecule has 8 heteroatoms. The molecule has 1 amide bonds. The van der Waals surface area contributed by atoms with Crippen LogP contribution in [-0.4, -0.2) is 39.7 Å². The summed E-state index contributed by atoms with van der Waals surface area (Å²) in [6.07, 6.45) is 3.33. The second-order valence-corrected chi connectivity index (χ2v) is 8.76. The van der Waals surface area contributed by atoms with E-state index in [0.717, 1.165) is 28.6 Å². The molecule has 1 saturated heterocycles. The normalized spacial score (nSPS) is 16.2. The molecule has 0 radical (unpaired) electrons. The van der Waals surface area contributed by atoms with Gasteiger partial charge in [-0.25, -0.2) is 9.97 Å². The van der Waals surface area contributed by atoms with Crippen molar-refractivity contribution >= 4 is 43.5 Å². The SMILES string of the molecule is Cc1cccc2c(=O)n(CC(=O)N(CC3CCCO3)c3nc4ccccc4s3)cnc12. The van der Waals surface area contributed by atoms with E-state index in [-0.39, 0.29) is 24.1 Å². The predicted octanol–water partition coefficient (Wildman–Crippen LogP) is 3.53. The van der Waals surface area contributed by atoms with Crippen LogP contribution in [0.2, 0.25) is 0 Å². The van der Waals surface area contributed by atoms with E-state index in [4.69, 9.17) is 4.74 Å². The summed E-state index contributed by atoms with van der Waals surface area (Å²) in [7, 11) is 0. The number of thiazole rings is 1. The number of amides is 1. The van der Waals surface area contributed by atoms with Crippen LogP contribution < -0.4 is 10.5 Å². The van der Waals surface area contributed by atoms with Crippen molar-refractivity contribution in [2.75, 3.05) is 18.1 Å². The maximum Gasteiger partial charge on any atom is 0.261 e. The minimum absolute atomic E-state index is 0.0231. The lowest BCUT2D eigenvalue weighted by Crippen LogP contribution is -2.41. The zero-order valence-electron chi connectivity index (χ0n) is 17.2. The standard InChI is InChI=1S/C23H22N4O3S/c1-15-6-4-8-17-21(15)24-14-26(22(17)29)13-20(28)27(12-16-7-5-11-30-16)23-25-18-9-2-3-10-19(18)31-23/h2-4,6,8-10,14,16H,5,7,11-13H2,1H3. The summed E-state index contributed by atoms with van der Waals surface area (Å²) in [6, 6.07) is 13.3. The molecule has 5 rings (SSSR count). The third-order valence-corrected chi connectivity index (χ3v) is 6.64. The number of nitrogens with zero attached hydrogens (tertiary/aromatic N) is 4. The Labute approximate surface area is 182 Å². The number of benzene rings is 2. The molecule has 158 valence electrons. The molecule has 1 unspecified atom stereocenters. The highest BCUT2D eigenvalue weighted by molar-refractivity contribution is 7.22. The fourth-order valence-corrected chi connectivity index (χ4v) is 4.93. The Morgan fingerprint density at radius 2 is 2.13 bits per heavy atom. The fraction of sp³-hybridized carbons (Fsp3) is 0.304. The van der Waals surface area contributed by atoms with Crippen molar-refractivity contribution in [1.29, 1.82) is 0 Å². The first kappa shape index (κ1) is 19.8. The molecule has 3 heterocycles. The van der Waals surface area contributed by atoms with Crippen molar-refractivity contribution in [3.05, 3.63) is 64.7 Å². The molecule has 0 bridgehead atoms. The van der Waals surface area contributed by atoms with Gasteiger partial charge in [0, 0.05) is 6.61 Å². The van der Waals surface area contributed by atoms with Crippen molar-refractivity contribution in [3.63, 3.8) is 0 Å². The number of carbonyl (C=O) groups excluding carboxylic acids is 1. The molecule has 7 nitrogen and oxygen atoms in total. The van der Waals surface area contributed by atoms with Crippen molar-refractivity contribution in [2.45, 2.75) is 32.4 Å². The van der Waals surface area contributed by atoms with Crippen LogP contribution in [-0.2, 0) is 16.1 Å². The lowest BCUT2D eigenvalue weighted by Gasteiger charge is -2.23. The van der Waals surface area contributed by atoms with E-state index < -0.39 is 0 Å². The van der Waals surface area contributed by atoms with E-state index in [9.17, 15) is 9.59 Å². The minimum atomic E-state index is -0.219. The molecule has 2 aromatic carbocycles. The van der Waals surface area contributed by atoms with Crippen LogP contribution in [0.1, 0.15) is 18.4 Å². The monoisotopic (exact) mass is 434 g/mol. The summed E-state index contributed by atoms with van der Waals surface area (Å²) >= 11 is 1.47. The summed E-state index contributed by atoms with van der Waals surface area (Å²) in [6.45, 7) is 2.95. The maximum atomic E-state index is 13.4. The quantitative estimate of drug-likeness (QED) is 0.480. The Hall–Kier alpha value is -3.10. The highest BCUT2D eigenvalue weighted by atomic mass is 32.1. The first-order chi connectivity index (χ1) is 15.1. The van der Waals surface area contributed by atoms with Crippen LogP contribution in [0.3, 0.4) is 0 Å². The Morgan fingerprint density at radius 1 is 1.26 bits per heavy atom. The first-order valence-corrected chi connectivity index (χ1v) is 11.1. The van der Waals surface area contributed by atoms with Crippen LogP contribution >= 0.6 is 11.3 Å². The summed E-state index contributed by atoms with van der Waals surface area (Å²) in [4.78, 5) is 37.1. The van der Waals surface area contributed by atoms with Gasteiger partial charge in [-0.15, -0.1) is 0 Å². The summed E-state index contributed by atoms with van der Waals surface area (Å²) in [5.74, 6) is -0.203. The topological polar surface area (TPSA) is 77.3 Å². The molecule has 0 saturated carbocycles. The molecular weight excluding hydrogens is 412 g/mol. The second kappa shape index (κ2) is 8.20. The van der Waals surface area contributed by atoms with Gasteiger partial charge in [0.1, 0.15) is 6.54 Å². The molecule has 2 aromatic heterocycles. The highest BCUT2D eigenvalue weighted by Crippen LogP contribution is 2.30. The molecule has 0 aliphatic carbocycles. The number of carbonyl (C=O) groups is 1. The largest absolute Gasteiger partial charge is 0.376 e. The summed E-state index contributed by atoms with van der Waals surface area (Å²) in [5.41, 5.74) is 2.23. The molecule has 1 atom stereocenters. The second-order valence-electron chi connectivity index (χ2n) is 7.75. The lowest BCUT2D eigenvalue weighted by atomic mass is 10.1. The van der Waals surface area contributed by atoms with Gasteiger partial charge in [0.2, 0.25) is 5.91 Å². The van der Waals surface area contributed by atoms with Crippen molar-refractivity contribution < 1.29 is 9.53 Å². The Kier molecular flexibility index (Phi) is 5.25. The molecule has 1 aliphatic heterocycles. The van der Waals surface area contributed by atoms with Crippen LogP contribution in [0.5, 0.6) is 0 Å². The molecule has 0 spiro atoms. The summed E-state index contributed by atoms with van der Waals surface area (Å²) < 4.78 is 8.17. The average Bonchev–Trinajstić information content (AvgIpc) is 3.43. The van der Waals surface area contributed by atoms with E-state index in [0.29, 0.717) is 29.2 Å². The van der Waals surface area contributed by atoms with E-state index in [2.05, 4.69) is 9.97 Å². The number of rotatable bonds is 5. The van der Waals surface area contributed by atoms with Crippen LogP contribution in [0.25, 0.3) is 21.1 Å². The fourth-order valence-electron chi connectivity index (χ4n) is 3.94. The van der Waals surface area contributed by atoms with Crippen molar-refractivity contribution in [2.24, 2.45) is 0 Å². The van der Waals surface area contributed by atoms with Gasteiger partial charge in [-0.3, -0.25) is 19.1 Å². The number of para-hydroxylation sites is 2.